The fourth-order valence-electron chi connectivity index (χ4n) is 3.91. The zero-order valence-corrected chi connectivity index (χ0v) is 27.2. The van der Waals surface area contributed by atoms with Crippen LogP contribution in [0.5, 0.6) is 0 Å². The minimum Gasteiger partial charge on any atom is -0.436 e. The molecule has 0 spiro atoms. The lowest BCUT2D eigenvalue weighted by Crippen LogP contribution is -2.71. The molecule has 2 aromatic rings. The summed E-state index contributed by atoms with van der Waals surface area (Å²) in [4.78, 5) is 0. The van der Waals surface area contributed by atoms with E-state index in [1.54, 1.807) is 0 Å². The van der Waals surface area contributed by atoms with Crippen molar-refractivity contribution in [3.63, 3.8) is 0 Å². The van der Waals surface area contributed by atoms with Crippen LogP contribution in [0.25, 0.3) is 0 Å². The minimum atomic E-state index is -3.04. The number of hydrogen-bond donors (Lipinski definition) is 0. The molecule has 0 aromatic heterocycles. The van der Waals surface area contributed by atoms with E-state index in [1.165, 1.54) is 12.1 Å². The summed E-state index contributed by atoms with van der Waals surface area (Å²) in [5.74, 6) is 0. The summed E-state index contributed by atoms with van der Waals surface area (Å²) in [6, 6.07) is 23.5. The van der Waals surface area contributed by atoms with Crippen molar-refractivity contribution in [1.82, 2.24) is 0 Å². The highest BCUT2D eigenvalue weighted by molar-refractivity contribution is 7.03. The van der Waals surface area contributed by atoms with E-state index in [-0.39, 0.29) is 0 Å². The lowest BCUT2D eigenvalue weighted by atomic mass is 10.4. The van der Waals surface area contributed by atoms with Gasteiger partial charge in [0.25, 0.3) is 0 Å². The van der Waals surface area contributed by atoms with Gasteiger partial charge in [-0.2, -0.15) is 0 Å². The zero-order valence-electron chi connectivity index (χ0n) is 22.2. The summed E-state index contributed by atoms with van der Waals surface area (Å²) in [5.41, 5.74) is 2.01. The van der Waals surface area contributed by atoms with Crippen LogP contribution in [-0.2, 0) is 12.3 Å². The van der Waals surface area contributed by atoms with Gasteiger partial charge in [-0.1, -0.05) is 92.0 Å². The van der Waals surface area contributed by atoms with Gasteiger partial charge in [-0.15, -0.1) is 6.58 Å². The lowest BCUT2D eigenvalue weighted by molar-refractivity contribution is 0.342. The van der Waals surface area contributed by atoms with Gasteiger partial charge in [-0.25, -0.2) is 0 Å². The van der Waals surface area contributed by atoms with Crippen molar-refractivity contribution in [2.24, 2.45) is 0 Å². The first-order chi connectivity index (χ1) is 15.1. The second-order valence-corrected chi connectivity index (χ2v) is 32.6. The van der Waals surface area contributed by atoms with E-state index in [9.17, 15) is 0 Å². The van der Waals surface area contributed by atoms with Crippen LogP contribution in [0.3, 0.4) is 0 Å². The first-order valence-corrected chi connectivity index (χ1v) is 26.4. The Labute approximate surface area is 208 Å². The zero-order chi connectivity index (χ0) is 25.0. The van der Waals surface area contributed by atoms with Crippen molar-refractivity contribution in [3.05, 3.63) is 72.9 Å². The average Bonchev–Trinajstić information content (AvgIpc) is 2.71. The molecule has 0 heterocycles. The molecule has 8 heteroatoms. The maximum Gasteiger partial charge on any atom is 0.388 e. The van der Waals surface area contributed by atoms with Gasteiger partial charge in [0.15, 0.2) is 8.32 Å². The SMILES string of the molecule is C=C[Si](C)(C)O[Si](O[Si](C)(C)O[Si](C)(C)CC[Si](C)(C)C)(c1ccccc1)c1ccccc1. The third-order valence-electron chi connectivity index (χ3n) is 5.59. The van der Waals surface area contributed by atoms with Crippen LogP contribution in [0.1, 0.15) is 0 Å². The summed E-state index contributed by atoms with van der Waals surface area (Å²) in [5, 5.41) is 2.26. The predicted molar refractivity (Wildman–Crippen MR) is 157 cm³/mol. The summed E-state index contributed by atoms with van der Waals surface area (Å²) < 4.78 is 21.4. The molecule has 182 valence electrons. The molecule has 0 unspecified atom stereocenters. The summed E-state index contributed by atoms with van der Waals surface area (Å²) in [6.07, 6.45) is 0. The lowest BCUT2D eigenvalue weighted by Gasteiger charge is -2.44. The smallest absolute Gasteiger partial charge is 0.388 e. The second kappa shape index (κ2) is 10.8. The molecular formula is C25H44O3Si5. The van der Waals surface area contributed by atoms with E-state index in [0.717, 1.165) is 10.4 Å². The molecule has 2 rings (SSSR count). The van der Waals surface area contributed by atoms with E-state index in [2.05, 4.69) is 126 Å². The highest BCUT2D eigenvalue weighted by atomic mass is 28.5. The molecule has 0 amide bonds. The van der Waals surface area contributed by atoms with Gasteiger partial charge in [0.05, 0.1) is 0 Å². The molecule has 0 fully saturated rings. The van der Waals surface area contributed by atoms with Crippen LogP contribution in [0.2, 0.25) is 71.0 Å². The van der Waals surface area contributed by atoms with E-state index >= 15 is 0 Å². The van der Waals surface area contributed by atoms with Crippen LogP contribution >= 0.6 is 0 Å². The topological polar surface area (TPSA) is 27.7 Å². The van der Waals surface area contributed by atoms with Crippen LogP contribution in [0.15, 0.2) is 72.9 Å². The Kier molecular flexibility index (Phi) is 9.31. The van der Waals surface area contributed by atoms with E-state index in [0.29, 0.717) is 0 Å². The monoisotopic (exact) mass is 532 g/mol. The predicted octanol–water partition coefficient (Wildman–Crippen LogP) is 6.47. The minimum absolute atomic E-state index is 1.12. The van der Waals surface area contributed by atoms with Crippen molar-refractivity contribution < 1.29 is 12.3 Å². The first kappa shape index (κ1) is 28.4. The largest absolute Gasteiger partial charge is 0.436 e. The molecule has 0 atom stereocenters. The Morgan fingerprint density at radius 1 is 0.636 bits per heavy atom. The van der Waals surface area contributed by atoms with Gasteiger partial charge in [-0.3, -0.25) is 0 Å². The Morgan fingerprint density at radius 2 is 1.09 bits per heavy atom. The molecule has 0 N–H and O–H groups in total. The quantitative estimate of drug-likeness (QED) is 0.293. The van der Waals surface area contributed by atoms with Crippen LogP contribution in [0.4, 0.5) is 0 Å². The Bertz CT molecular complexity index is 854. The standard InChI is InChI=1S/C25H44O3Si5/c1-11-30(5,6)27-33(24-18-14-12-15-19-24,25-20-16-13-17-21-25)28-32(9,10)26-31(7,8)23-22-29(2,3)4/h11-21H,1,22-23H2,2-10H3. The molecule has 0 aliphatic heterocycles. The average molecular weight is 533 g/mol. The van der Waals surface area contributed by atoms with E-state index < -0.39 is 41.8 Å². The normalized spacial score (nSPS) is 13.7. The van der Waals surface area contributed by atoms with E-state index in [1.807, 2.05) is 5.70 Å². The van der Waals surface area contributed by atoms with Gasteiger partial charge < -0.3 is 12.3 Å². The Morgan fingerprint density at radius 3 is 1.48 bits per heavy atom. The summed E-state index contributed by atoms with van der Waals surface area (Å²) in [6.45, 7) is 24.9. The highest BCUT2D eigenvalue weighted by Crippen LogP contribution is 2.28. The molecule has 0 saturated heterocycles. The number of hydrogen-bond acceptors (Lipinski definition) is 3. The van der Waals surface area contributed by atoms with Crippen molar-refractivity contribution in [1.29, 1.82) is 0 Å². The maximum absolute atomic E-state index is 7.27. The molecule has 2 aromatic carbocycles. The van der Waals surface area contributed by atoms with Crippen LogP contribution in [-0.4, -0.2) is 41.8 Å². The van der Waals surface area contributed by atoms with Gasteiger partial charge in [0.2, 0.25) is 8.32 Å². The van der Waals surface area contributed by atoms with Crippen LogP contribution in [0, 0.1) is 0 Å². The molecule has 0 bridgehead atoms. The van der Waals surface area contributed by atoms with Gasteiger partial charge >= 0.3 is 17.1 Å². The third-order valence-corrected chi connectivity index (χ3v) is 23.0. The highest BCUT2D eigenvalue weighted by Gasteiger charge is 2.51. The molecular weight excluding hydrogens is 489 g/mol. The fourth-order valence-corrected chi connectivity index (χ4v) is 25.7. The third kappa shape index (κ3) is 8.70. The second-order valence-electron chi connectivity index (χ2n) is 11.7. The number of rotatable bonds is 12. The Hall–Kier alpha value is -0.856. The first-order valence-electron chi connectivity index (χ1n) is 12.0. The van der Waals surface area contributed by atoms with Crippen molar-refractivity contribution in [2.45, 2.75) is 71.0 Å². The number of benzene rings is 2. The van der Waals surface area contributed by atoms with Crippen molar-refractivity contribution in [3.8, 4) is 0 Å². The molecule has 0 aliphatic rings. The van der Waals surface area contributed by atoms with Crippen molar-refractivity contribution in [2.75, 3.05) is 0 Å². The summed E-state index contributed by atoms with van der Waals surface area (Å²) >= 11 is 0. The molecule has 0 radical (unpaired) electrons. The Balaban J connectivity index is 2.54. The van der Waals surface area contributed by atoms with E-state index in [4.69, 9.17) is 12.3 Å². The van der Waals surface area contributed by atoms with Gasteiger partial charge in [-0.05, 0) is 55.7 Å². The van der Waals surface area contributed by atoms with Gasteiger partial charge in [0, 0.05) is 8.07 Å². The van der Waals surface area contributed by atoms with Crippen molar-refractivity contribution >= 4 is 52.2 Å². The van der Waals surface area contributed by atoms with Crippen LogP contribution < -0.4 is 10.4 Å². The molecule has 3 nitrogen and oxygen atoms in total. The molecule has 33 heavy (non-hydrogen) atoms. The molecule has 0 aliphatic carbocycles. The van der Waals surface area contributed by atoms with Gasteiger partial charge in [0.1, 0.15) is 0 Å². The molecule has 0 saturated carbocycles. The fraction of sp³-hybridized carbons (Fsp3) is 0.440. The maximum atomic E-state index is 7.27. The summed E-state index contributed by atoms with van der Waals surface area (Å²) in [7, 11) is -10.8.